The maximum Gasteiger partial charge on any atom is 0.411 e. The predicted octanol–water partition coefficient (Wildman–Crippen LogP) is 2.53. The average molecular weight is 375 g/mol. The summed E-state index contributed by atoms with van der Waals surface area (Å²) in [6, 6.07) is 14.7. The lowest BCUT2D eigenvalue weighted by Gasteiger charge is -2.22. The summed E-state index contributed by atoms with van der Waals surface area (Å²) in [6.45, 7) is 1.23. The minimum atomic E-state index is -3.60. The molecular weight excluding hydrogens is 354 g/mol. The molecule has 1 atom stereocenters. The molecule has 1 N–H and O–H groups in total. The van der Waals surface area contributed by atoms with Crippen LogP contribution in [-0.4, -0.2) is 43.7 Å². The van der Waals surface area contributed by atoms with Gasteiger partial charge < -0.3 is 9.64 Å². The first-order chi connectivity index (χ1) is 12.4. The molecule has 1 fully saturated rings. The molecule has 1 aliphatic heterocycles. The molecule has 2 heterocycles. The molecule has 8 heteroatoms. The van der Waals surface area contributed by atoms with Gasteiger partial charge in [-0.1, -0.05) is 36.4 Å². The Hall–Kier alpha value is -2.45. The highest BCUT2D eigenvalue weighted by atomic mass is 32.2. The van der Waals surface area contributed by atoms with E-state index in [1.54, 1.807) is 17.0 Å². The molecule has 0 aliphatic carbocycles. The van der Waals surface area contributed by atoms with Gasteiger partial charge in [-0.05, 0) is 25.0 Å². The lowest BCUT2D eigenvalue weighted by molar-refractivity contribution is 0.0614. The van der Waals surface area contributed by atoms with Crippen molar-refractivity contribution in [3.8, 4) is 11.3 Å². The van der Waals surface area contributed by atoms with Gasteiger partial charge in [0.15, 0.2) is 0 Å². The number of rotatable bonds is 5. The molecule has 1 unspecified atom stereocenters. The maximum absolute atomic E-state index is 12.3. The SMILES string of the molecule is CS(=O)(=O)NC(OC(=O)N1CCCC1)c1cccc(-c2ccccc2)n1. The number of nitrogens with one attached hydrogen (secondary N) is 1. The zero-order chi connectivity index (χ0) is 18.6. The summed E-state index contributed by atoms with van der Waals surface area (Å²) < 4.78 is 31.2. The van der Waals surface area contributed by atoms with Crippen LogP contribution in [0, 0.1) is 0 Å². The van der Waals surface area contributed by atoms with E-state index in [-0.39, 0.29) is 0 Å². The summed E-state index contributed by atoms with van der Waals surface area (Å²) in [5.41, 5.74) is 1.88. The number of carbonyl (C=O) groups excluding carboxylic acids is 1. The Kier molecular flexibility index (Phi) is 5.53. The highest BCUT2D eigenvalue weighted by Crippen LogP contribution is 2.22. The van der Waals surface area contributed by atoms with Gasteiger partial charge in [0, 0.05) is 18.7 Å². The van der Waals surface area contributed by atoms with Crippen molar-refractivity contribution in [3.05, 3.63) is 54.2 Å². The second kappa shape index (κ2) is 7.84. The Morgan fingerprint density at radius 1 is 1.12 bits per heavy atom. The lowest BCUT2D eigenvalue weighted by Crippen LogP contribution is -2.36. The molecule has 1 aromatic heterocycles. The number of ether oxygens (including phenoxy) is 1. The van der Waals surface area contributed by atoms with Gasteiger partial charge in [0.1, 0.15) is 0 Å². The third-order valence-corrected chi connectivity index (χ3v) is 4.66. The number of carbonyl (C=O) groups is 1. The van der Waals surface area contributed by atoms with E-state index in [0.29, 0.717) is 24.5 Å². The summed E-state index contributed by atoms with van der Waals surface area (Å²) >= 11 is 0. The smallest absolute Gasteiger partial charge is 0.411 e. The minimum Gasteiger partial charge on any atom is -0.423 e. The first-order valence-corrected chi connectivity index (χ1v) is 10.3. The zero-order valence-corrected chi connectivity index (χ0v) is 15.3. The van der Waals surface area contributed by atoms with Crippen LogP contribution in [-0.2, 0) is 14.8 Å². The van der Waals surface area contributed by atoms with Crippen LogP contribution < -0.4 is 4.72 Å². The average Bonchev–Trinajstić information content (AvgIpc) is 3.16. The summed E-state index contributed by atoms with van der Waals surface area (Å²) in [5, 5.41) is 0. The molecule has 2 aromatic rings. The van der Waals surface area contributed by atoms with Crippen molar-refractivity contribution in [1.29, 1.82) is 0 Å². The Labute approximate surface area is 153 Å². The van der Waals surface area contributed by atoms with Crippen LogP contribution in [0.15, 0.2) is 48.5 Å². The van der Waals surface area contributed by atoms with Gasteiger partial charge in [0.2, 0.25) is 16.3 Å². The van der Waals surface area contributed by atoms with Gasteiger partial charge in [-0.3, -0.25) is 0 Å². The zero-order valence-electron chi connectivity index (χ0n) is 14.5. The van der Waals surface area contributed by atoms with Crippen molar-refractivity contribution in [2.24, 2.45) is 0 Å². The Morgan fingerprint density at radius 2 is 1.81 bits per heavy atom. The van der Waals surface area contributed by atoms with Crippen LogP contribution in [0.5, 0.6) is 0 Å². The number of sulfonamides is 1. The number of pyridine rings is 1. The van der Waals surface area contributed by atoms with Gasteiger partial charge in [-0.15, -0.1) is 0 Å². The fraction of sp³-hybridized carbons (Fsp3) is 0.333. The van der Waals surface area contributed by atoms with Crippen molar-refractivity contribution < 1.29 is 17.9 Å². The molecule has 0 radical (unpaired) electrons. The molecule has 7 nitrogen and oxygen atoms in total. The molecule has 0 spiro atoms. The molecule has 1 aliphatic rings. The van der Waals surface area contributed by atoms with Gasteiger partial charge in [0.05, 0.1) is 17.6 Å². The second-order valence-electron chi connectivity index (χ2n) is 6.16. The normalized spacial score (nSPS) is 15.7. The predicted molar refractivity (Wildman–Crippen MR) is 97.7 cm³/mol. The van der Waals surface area contributed by atoms with E-state index in [0.717, 1.165) is 24.7 Å². The van der Waals surface area contributed by atoms with E-state index in [1.165, 1.54) is 0 Å². The van der Waals surface area contributed by atoms with E-state index in [2.05, 4.69) is 9.71 Å². The van der Waals surface area contributed by atoms with Crippen LogP contribution in [0.1, 0.15) is 24.8 Å². The number of benzene rings is 1. The second-order valence-corrected chi connectivity index (χ2v) is 7.94. The number of nitrogens with zero attached hydrogens (tertiary/aromatic N) is 2. The first-order valence-electron chi connectivity index (χ1n) is 8.37. The third-order valence-electron chi connectivity index (χ3n) is 4.01. The molecule has 1 amide bonds. The molecule has 0 saturated carbocycles. The van der Waals surface area contributed by atoms with E-state index < -0.39 is 22.3 Å². The maximum atomic E-state index is 12.3. The van der Waals surface area contributed by atoms with E-state index in [1.807, 2.05) is 36.4 Å². The van der Waals surface area contributed by atoms with Crippen molar-refractivity contribution in [2.45, 2.75) is 19.1 Å². The van der Waals surface area contributed by atoms with Crippen molar-refractivity contribution >= 4 is 16.1 Å². The lowest BCUT2D eigenvalue weighted by atomic mass is 10.1. The van der Waals surface area contributed by atoms with Crippen LogP contribution in [0.2, 0.25) is 0 Å². The Balaban J connectivity index is 1.87. The summed E-state index contributed by atoms with van der Waals surface area (Å²) in [4.78, 5) is 18.4. The molecule has 26 heavy (non-hydrogen) atoms. The fourth-order valence-electron chi connectivity index (χ4n) is 2.78. The van der Waals surface area contributed by atoms with Gasteiger partial charge in [-0.2, -0.15) is 4.72 Å². The minimum absolute atomic E-state index is 0.323. The fourth-order valence-corrected chi connectivity index (χ4v) is 3.34. The monoisotopic (exact) mass is 375 g/mol. The van der Waals surface area contributed by atoms with E-state index in [9.17, 15) is 13.2 Å². The number of hydrogen-bond acceptors (Lipinski definition) is 5. The van der Waals surface area contributed by atoms with E-state index in [4.69, 9.17) is 4.74 Å². The summed E-state index contributed by atoms with van der Waals surface area (Å²) in [5.74, 6) is 0. The highest BCUT2D eigenvalue weighted by Gasteiger charge is 2.26. The number of likely N-dealkylation sites (tertiary alicyclic amines) is 1. The first kappa shape index (κ1) is 18.3. The van der Waals surface area contributed by atoms with Gasteiger partial charge in [-0.25, -0.2) is 18.2 Å². The number of hydrogen-bond donors (Lipinski definition) is 1. The van der Waals surface area contributed by atoms with Crippen LogP contribution in [0.4, 0.5) is 4.79 Å². The number of amides is 1. The molecule has 0 bridgehead atoms. The number of aromatic nitrogens is 1. The Morgan fingerprint density at radius 3 is 2.46 bits per heavy atom. The summed E-state index contributed by atoms with van der Waals surface area (Å²) in [7, 11) is -3.60. The summed E-state index contributed by atoms with van der Waals surface area (Å²) in [6.07, 6.45) is 1.13. The highest BCUT2D eigenvalue weighted by molar-refractivity contribution is 7.88. The van der Waals surface area contributed by atoms with E-state index >= 15 is 0 Å². The van der Waals surface area contributed by atoms with Gasteiger partial charge in [0.25, 0.3) is 0 Å². The van der Waals surface area contributed by atoms with Crippen LogP contribution in [0.3, 0.4) is 0 Å². The molecule has 138 valence electrons. The van der Waals surface area contributed by atoms with Crippen molar-refractivity contribution in [1.82, 2.24) is 14.6 Å². The van der Waals surface area contributed by atoms with Crippen LogP contribution >= 0.6 is 0 Å². The molecule has 1 saturated heterocycles. The molecular formula is C18H21N3O4S. The third kappa shape index (κ3) is 4.80. The topological polar surface area (TPSA) is 88.6 Å². The quantitative estimate of drug-likeness (QED) is 0.811. The molecule has 1 aromatic carbocycles. The Bertz CT molecular complexity index is 865. The van der Waals surface area contributed by atoms with Crippen molar-refractivity contribution in [3.63, 3.8) is 0 Å². The largest absolute Gasteiger partial charge is 0.423 e. The van der Waals surface area contributed by atoms with Gasteiger partial charge >= 0.3 is 6.09 Å². The van der Waals surface area contributed by atoms with Crippen molar-refractivity contribution in [2.75, 3.05) is 19.3 Å². The molecule has 3 rings (SSSR count). The van der Waals surface area contributed by atoms with Crippen LogP contribution in [0.25, 0.3) is 11.3 Å². The standard InChI is InChI=1S/C18H21N3O4S/c1-26(23,24)20-17(25-18(22)21-12-5-6-13-21)16-11-7-10-15(19-16)14-8-3-2-4-9-14/h2-4,7-11,17,20H,5-6,12-13H2,1H3.